The largest absolute Gasteiger partial charge is 0.342 e. The van der Waals surface area contributed by atoms with E-state index in [1.807, 2.05) is 12.2 Å². The predicted octanol–water partition coefficient (Wildman–Crippen LogP) is 2.04. The van der Waals surface area contributed by atoms with Crippen molar-refractivity contribution in [2.45, 2.75) is 38.6 Å². The third kappa shape index (κ3) is 3.64. The number of thiazole rings is 1. The van der Waals surface area contributed by atoms with Gasteiger partial charge in [0.05, 0.1) is 0 Å². The van der Waals surface area contributed by atoms with Gasteiger partial charge in [-0.2, -0.15) is 0 Å². The average Bonchev–Trinajstić information content (AvgIpc) is 2.99. The molecule has 2 N–H and O–H groups in total. The highest BCUT2D eigenvalue weighted by Gasteiger charge is 2.19. The van der Waals surface area contributed by atoms with Crippen LogP contribution in [0, 0.1) is 0 Å². The van der Waals surface area contributed by atoms with Gasteiger partial charge < -0.3 is 5.32 Å². The topological polar surface area (TPSA) is 71.1 Å². The van der Waals surface area contributed by atoms with Crippen LogP contribution < -0.4 is 10.6 Å². The fourth-order valence-electron chi connectivity index (χ4n) is 1.75. The van der Waals surface area contributed by atoms with Crippen molar-refractivity contribution in [2.24, 2.45) is 0 Å². The average molecular weight is 279 g/mol. The smallest absolute Gasteiger partial charge is 0.315 e. The van der Waals surface area contributed by atoms with E-state index in [1.54, 1.807) is 6.20 Å². The highest BCUT2D eigenvalue weighted by molar-refractivity contribution is 7.15. The minimum atomic E-state index is -0.662. The molecule has 5 nitrogen and oxygen atoms in total. The Balaban J connectivity index is 1.88. The number of nitrogens with zero attached hydrogens (tertiary/aromatic N) is 1. The van der Waals surface area contributed by atoms with Crippen LogP contribution in [0.4, 0.5) is 5.13 Å². The van der Waals surface area contributed by atoms with Gasteiger partial charge in [0, 0.05) is 17.1 Å². The van der Waals surface area contributed by atoms with E-state index in [4.69, 9.17) is 0 Å². The molecule has 0 spiro atoms. The van der Waals surface area contributed by atoms with E-state index in [-0.39, 0.29) is 6.04 Å². The van der Waals surface area contributed by atoms with Crippen molar-refractivity contribution in [3.05, 3.63) is 23.2 Å². The van der Waals surface area contributed by atoms with Crippen molar-refractivity contribution in [1.82, 2.24) is 10.3 Å². The Morgan fingerprint density at radius 2 is 2.21 bits per heavy atom. The molecule has 1 unspecified atom stereocenters. The SMILES string of the molecule is CC(C)c1cnc(NC(=O)C(=O)NC2C=CCC2)s1. The van der Waals surface area contributed by atoms with Crippen molar-refractivity contribution in [3.63, 3.8) is 0 Å². The minimum absolute atomic E-state index is 0.0271. The lowest BCUT2D eigenvalue weighted by molar-refractivity contribution is -0.136. The Morgan fingerprint density at radius 1 is 1.42 bits per heavy atom. The van der Waals surface area contributed by atoms with Gasteiger partial charge in [-0.1, -0.05) is 26.0 Å². The maximum Gasteiger partial charge on any atom is 0.315 e. The number of hydrogen-bond donors (Lipinski definition) is 2. The van der Waals surface area contributed by atoms with Crippen LogP contribution in [0.25, 0.3) is 0 Å². The molecule has 0 radical (unpaired) electrons. The summed E-state index contributed by atoms with van der Waals surface area (Å²) in [5.41, 5.74) is 0. The normalized spacial score (nSPS) is 17.7. The lowest BCUT2D eigenvalue weighted by atomic mass is 10.2. The number of carbonyl (C=O) groups is 2. The third-order valence-corrected chi connectivity index (χ3v) is 4.06. The second kappa shape index (κ2) is 5.97. The Hall–Kier alpha value is -1.69. The van der Waals surface area contributed by atoms with Crippen LogP contribution in [0.1, 0.15) is 37.5 Å². The van der Waals surface area contributed by atoms with E-state index in [0.29, 0.717) is 11.0 Å². The van der Waals surface area contributed by atoms with Crippen LogP contribution >= 0.6 is 11.3 Å². The molecule has 0 aromatic carbocycles. The molecule has 0 saturated carbocycles. The summed E-state index contributed by atoms with van der Waals surface area (Å²) in [5.74, 6) is -0.914. The maximum atomic E-state index is 11.7. The zero-order valence-electron chi connectivity index (χ0n) is 11.0. The molecule has 0 saturated heterocycles. The summed E-state index contributed by atoms with van der Waals surface area (Å²) in [6, 6.07) is -0.0271. The Kier molecular flexibility index (Phi) is 4.31. The Morgan fingerprint density at radius 3 is 2.79 bits per heavy atom. The van der Waals surface area contributed by atoms with Crippen molar-refractivity contribution < 1.29 is 9.59 Å². The van der Waals surface area contributed by atoms with Crippen LogP contribution in [0.15, 0.2) is 18.3 Å². The second-order valence-electron chi connectivity index (χ2n) is 4.76. The summed E-state index contributed by atoms with van der Waals surface area (Å²) in [6.45, 7) is 4.11. The van der Waals surface area contributed by atoms with Gasteiger partial charge >= 0.3 is 11.8 Å². The number of hydrogen-bond acceptors (Lipinski definition) is 4. The van der Waals surface area contributed by atoms with Gasteiger partial charge in [-0.05, 0) is 18.8 Å². The van der Waals surface area contributed by atoms with E-state index in [9.17, 15) is 9.59 Å². The maximum absolute atomic E-state index is 11.7. The van der Waals surface area contributed by atoms with Crippen LogP contribution in [0.3, 0.4) is 0 Å². The zero-order chi connectivity index (χ0) is 13.8. The number of aromatic nitrogens is 1. The first-order valence-corrected chi connectivity index (χ1v) is 7.12. The summed E-state index contributed by atoms with van der Waals surface area (Å²) < 4.78 is 0. The van der Waals surface area contributed by atoms with Crippen LogP contribution in [0.5, 0.6) is 0 Å². The molecule has 0 aliphatic heterocycles. The summed E-state index contributed by atoms with van der Waals surface area (Å²) in [5, 5.41) is 5.65. The van der Waals surface area contributed by atoms with Crippen molar-refractivity contribution in [2.75, 3.05) is 5.32 Å². The van der Waals surface area contributed by atoms with Gasteiger partial charge in [-0.25, -0.2) is 4.98 Å². The van der Waals surface area contributed by atoms with Gasteiger partial charge in [0.25, 0.3) is 0 Å². The number of nitrogens with one attached hydrogen (secondary N) is 2. The van der Waals surface area contributed by atoms with Crippen molar-refractivity contribution in [1.29, 1.82) is 0 Å². The summed E-state index contributed by atoms with van der Waals surface area (Å²) >= 11 is 1.39. The number of rotatable bonds is 3. The van der Waals surface area contributed by atoms with Crippen LogP contribution in [-0.2, 0) is 9.59 Å². The number of anilines is 1. The van der Waals surface area contributed by atoms with E-state index in [2.05, 4.69) is 29.5 Å². The minimum Gasteiger partial charge on any atom is -0.342 e. The van der Waals surface area contributed by atoms with E-state index in [0.717, 1.165) is 17.7 Å². The fourth-order valence-corrected chi connectivity index (χ4v) is 2.57. The highest BCUT2D eigenvalue weighted by atomic mass is 32.1. The molecule has 1 aliphatic carbocycles. The molecule has 19 heavy (non-hydrogen) atoms. The van der Waals surface area contributed by atoms with Gasteiger partial charge in [0.1, 0.15) is 0 Å². The molecule has 1 aromatic heterocycles. The molecule has 2 rings (SSSR count). The number of allylic oxidation sites excluding steroid dienone is 1. The number of carbonyl (C=O) groups excluding carboxylic acids is 2. The number of amides is 2. The fraction of sp³-hybridized carbons (Fsp3) is 0.462. The molecule has 2 amide bonds. The molecule has 1 atom stereocenters. The first-order valence-electron chi connectivity index (χ1n) is 6.30. The molecule has 6 heteroatoms. The summed E-state index contributed by atoms with van der Waals surface area (Å²) in [7, 11) is 0. The molecular formula is C13H17N3O2S. The molecule has 0 fully saturated rings. The molecular weight excluding hydrogens is 262 g/mol. The molecule has 1 heterocycles. The Bertz CT molecular complexity index is 508. The van der Waals surface area contributed by atoms with Crippen molar-refractivity contribution >= 4 is 28.3 Å². The quantitative estimate of drug-likeness (QED) is 0.657. The van der Waals surface area contributed by atoms with Gasteiger partial charge in [0.2, 0.25) is 0 Å². The first kappa shape index (κ1) is 13.7. The molecule has 1 aromatic rings. The summed E-state index contributed by atoms with van der Waals surface area (Å²) in [6.07, 6.45) is 7.43. The zero-order valence-corrected chi connectivity index (χ0v) is 11.8. The van der Waals surface area contributed by atoms with Crippen molar-refractivity contribution in [3.8, 4) is 0 Å². The standard InChI is InChI=1S/C13H17N3O2S/c1-8(2)10-7-14-13(19-10)16-12(18)11(17)15-9-5-3-4-6-9/h3,5,7-9H,4,6H2,1-2H3,(H,15,17)(H,14,16,18). The van der Waals surface area contributed by atoms with E-state index >= 15 is 0 Å². The van der Waals surface area contributed by atoms with Gasteiger partial charge in [-0.15, -0.1) is 11.3 Å². The van der Waals surface area contributed by atoms with E-state index < -0.39 is 11.8 Å². The molecule has 1 aliphatic rings. The molecule has 102 valence electrons. The third-order valence-electron chi connectivity index (χ3n) is 2.85. The monoisotopic (exact) mass is 279 g/mol. The van der Waals surface area contributed by atoms with Gasteiger partial charge in [0.15, 0.2) is 5.13 Å². The highest BCUT2D eigenvalue weighted by Crippen LogP contribution is 2.24. The lowest BCUT2D eigenvalue weighted by Gasteiger charge is -2.09. The summed E-state index contributed by atoms with van der Waals surface area (Å²) in [4.78, 5) is 28.5. The first-order chi connectivity index (χ1) is 9.06. The van der Waals surface area contributed by atoms with Crippen LogP contribution in [0.2, 0.25) is 0 Å². The Labute approximate surface area is 116 Å². The lowest BCUT2D eigenvalue weighted by Crippen LogP contribution is -2.40. The van der Waals surface area contributed by atoms with Gasteiger partial charge in [-0.3, -0.25) is 14.9 Å². The predicted molar refractivity (Wildman–Crippen MR) is 75.1 cm³/mol. The van der Waals surface area contributed by atoms with Crippen LogP contribution in [-0.4, -0.2) is 22.8 Å². The molecule has 0 bridgehead atoms. The second-order valence-corrected chi connectivity index (χ2v) is 5.82. The van der Waals surface area contributed by atoms with E-state index in [1.165, 1.54) is 11.3 Å².